The van der Waals surface area contributed by atoms with Crippen molar-refractivity contribution < 1.29 is 9.53 Å². The van der Waals surface area contributed by atoms with Crippen molar-refractivity contribution in [1.82, 2.24) is 0 Å². The van der Waals surface area contributed by atoms with E-state index in [2.05, 4.69) is 127 Å². The van der Waals surface area contributed by atoms with Crippen molar-refractivity contribution in [3.63, 3.8) is 0 Å². The van der Waals surface area contributed by atoms with Crippen LogP contribution < -0.4 is 21.2 Å². The minimum absolute atomic E-state index is 0.0777. The average molecular weight is 553 g/mol. The number of rotatable bonds is 14. The van der Waals surface area contributed by atoms with Crippen molar-refractivity contribution >= 4 is 43.0 Å². The second kappa shape index (κ2) is 16.1. The molecule has 4 heteroatoms. The highest BCUT2D eigenvalue weighted by molar-refractivity contribution is 7.80. The molecule has 39 heavy (non-hydrogen) atoms. The van der Waals surface area contributed by atoms with Gasteiger partial charge in [-0.1, -0.05) is 134 Å². The number of carbonyl (C=O) groups is 1. The maximum atomic E-state index is 11.8. The lowest BCUT2D eigenvalue weighted by Crippen LogP contribution is -2.15. The van der Waals surface area contributed by atoms with Crippen LogP contribution in [0.2, 0.25) is 0 Å². The Kier molecular flexibility index (Phi) is 12.0. The van der Waals surface area contributed by atoms with Gasteiger partial charge in [-0.2, -0.15) is 0 Å². The summed E-state index contributed by atoms with van der Waals surface area (Å²) >= 11 is 0. The van der Waals surface area contributed by atoms with Gasteiger partial charge in [0.25, 0.3) is 0 Å². The van der Waals surface area contributed by atoms with Crippen LogP contribution in [0.1, 0.15) is 45.4 Å². The zero-order chi connectivity index (χ0) is 27.1. The van der Waals surface area contributed by atoms with Gasteiger partial charge in [0.1, 0.15) is 0 Å². The molecule has 4 rings (SSSR count). The van der Waals surface area contributed by atoms with E-state index in [9.17, 15) is 4.79 Å². The standard InChI is InChI=1S/C35H38O2P2/c1-2-37-35(36)28-18-4-3-9-27-34(39(32-23-14-7-15-24-32)33-25-16-8-17-26-33)29-38(30-19-10-5-11-20-30)31-21-12-6-13-22-31/h5-8,10-17,19-26,29H,2-4,9,18,27-28H2,1H3/b34-29+. The van der Waals surface area contributed by atoms with Gasteiger partial charge >= 0.3 is 5.97 Å². The van der Waals surface area contributed by atoms with Crippen molar-refractivity contribution in [2.75, 3.05) is 6.61 Å². The second-order valence-corrected chi connectivity index (χ2v) is 13.7. The van der Waals surface area contributed by atoms with Crippen molar-refractivity contribution in [2.24, 2.45) is 0 Å². The van der Waals surface area contributed by atoms with E-state index < -0.39 is 15.8 Å². The van der Waals surface area contributed by atoms with E-state index >= 15 is 0 Å². The Morgan fingerprint density at radius 1 is 0.590 bits per heavy atom. The van der Waals surface area contributed by atoms with Crippen molar-refractivity contribution in [1.29, 1.82) is 0 Å². The number of esters is 1. The smallest absolute Gasteiger partial charge is 0.305 e. The quantitative estimate of drug-likeness (QED) is 0.0900. The Hall–Kier alpha value is -3.05. The fourth-order valence-electron chi connectivity index (χ4n) is 4.66. The fraction of sp³-hybridized carbons (Fsp3) is 0.229. The molecule has 4 aromatic rings. The summed E-state index contributed by atoms with van der Waals surface area (Å²) < 4.78 is 5.10. The van der Waals surface area contributed by atoms with Crippen molar-refractivity contribution in [3.8, 4) is 0 Å². The van der Waals surface area contributed by atoms with Gasteiger partial charge < -0.3 is 4.74 Å². The first-order valence-electron chi connectivity index (χ1n) is 13.9. The molecule has 0 atom stereocenters. The lowest BCUT2D eigenvalue weighted by Gasteiger charge is -2.25. The summed E-state index contributed by atoms with van der Waals surface area (Å²) in [6.07, 6.45) is 5.73. The molecule has 200 valence electrons. The van der Waals surface area contributed by atoms with Crippen LogP contribution in [0.15, 0.2) is 132 Å². The average Bonchev–Trinajstić information content (AvgIpc) is 2.99. The van der Waals surface area contributed by atoms with E-state index in [0.29, 0.717) is 13.0 Å². The van der Waals surface area contributed by atoms with E-state index in [4.69, 9.17) is 4.74 Å². The monoisotopic (exact) mass is 552 g/mol. The first-order chi connectivity index (χ1) is 19.3. The highest BCUT2D eigenvalue weighted by atomic mass is 31.1. The third kappa shape index (κ3) is 8.99. The molecule has 0 N–H and O–H groups in total. The maximum Gasteiger partial charge on any atom is 0.305 e. The SMILES string of the molecule is CCOC(=O)CCCCCC/C(=C\P(c1ccccc1)c1ccccc1)P(c1ccccc1)c1ccccc1. The first-order valence-corrected chi connectivity index (χ1v) is 16.7. The van der Waals surface area contributed by atoms with Crippen molar-refractivity contribution in [3.05, 3.63) is 132 Å². The van der Waals surface area contributed by atoms with Crippen LogP contribution in [-0.4, -0.2) is 12.6 Å². The predicted molar refractivity (Wildman–Crippen MR) is 171 cm³/mol. The fourth-order valence-corrected chi connectivity index (χ4v) is 9.76. The van der Waals surface area contributed by atoms with E-state index in [1.807, 2.05) is 6.92 Å². The van der Waals surface area contributed by atoms with E-state index in [1.54, 1.807) is 0 Å². The molecular formula is C35H38O2P2. The van der Waals surface area contributed by atoms with Gasteiger partial charge in [0.05, 0.1) is 6.61 Å². The van der Waals surface area contributed by atoms with Gasteiger partial charge in [-0.3, -0.25) is 4.79 Å². The molecular weight excluding hydrogens is 514 g/mol. The largest absolute Gasteiger partial charge is 0.466 e. The van der Waals surface area contributed by atoms with Gasteiger partial charge in [0.2, 0.25) is 0 Å². The Balaban J connectivity index is 1.67. The molecule has 2 nitrogen and oxygen atoms in total. The number of unbranched alkanes of at least 4 members (excludes halogenated alkanes) is 3. The lowest BCUT2D eigenvalue weighted by molar-refractivity contribution is -0.143. The summed E-state index contributed by atoms with van der Waals surface area (Å²) in [4.78, 5) is 11.8. The van der Waals surface area contributed by atoms with Gasteiger partial charge in [-0.15, -0.1) is 0 Å². The Morgan fingerprint density at radius 2 is 1.00 bits per heavy atom. The topological polar surface area (TPSA) is 26.3 Å². The first kappa shape index (κ1) is 28.9. The van der Waals surface area contributed by atoms with Crippen LogP contribution in [0, 0.1) is 0 Å². The van der Waals surface area contributed by atoms with E-state index in [1.165, 1.54) is 26.5 Å². The van der Waals surface area contributed by atoms with Crippen LogP contribution in [0.25, 0.3) is 0 Å². The molecule has 0 saturated heterocycles. The summed E-state index contributed by atoms with van der Waals surface area (Å²) in [7, 11) is -1.31. The summed E-state index contributed by atoms with van der Waals surface area (Å²) in [5, 5.41) is 7.07. The molecule has 0 unspecified atom stereocenters. The normalized spacial score (nSPS) is 11.6. The minimum Gasteiger partial charge on any atom is -0.466 e. The Bertz CT molecular complexity index is 1200. The van der Waals surface area contributed by atoms with Crippen LogP contribution in [-0.2, 0) is 9.53 Å². The van der Waals surface area contributed by atoms with Crippen LogP contribution in [0.5, 0.6) is 0 Å². The molecule has 0 saturated carbocycles. The molecule has 0 bridgehead atoms. The van der Waals surface area contributed by atoms with Gasteiger partial charge in [-0.05, 0) is 74.4 Å². The number of allylic oxidation sites excluding steroid dienone is 1. The predicted octanol–water partition coefficient (Wildman–Crippen LogP) is 8.00. The minimum atomic E-state index is -0.664. The number of benzene rings is 4. The van der Waals surface area contributed by atoms with Crippen LogP contribution in [0.4, 0.5) is 0 Å². The molecule has 0 aliphatic rings. The summed E-state index contributed by atoms with van der Waals surface area (Å²) in [5.41, 5.74) is 0. The zero-order valence-corrected chi connectivity index (χ0v) is 24.6. The molecule has 0 fully saturated rings. The van der Waals surface area contributed by atoms with Gasteiger partial charge in [0.15, 0.2) is 0 Å². The molecule has 0 aromatic heterocycles. The molecule has 0 spiro atoms. The third-order valence-corrected chi connectivity index (χ3v) is 11.6. The number of carbonyl (C=O) groups excluding carboxylic acids is 1. The number of hydrogen-bond acceptors (Lipinski definition) is 2. The summed E-state index contributed by atoms with van der Waals surface area (Å²) in [5.74, 6) is 2.54. The summed E-state index contributed by atoms with van der Waals surface area (Å²) in [6, 6.07) is 43.9. The molecule has 0 aliphatic heterocycles. The number of ether oxygens (including phenoxy) is 1. The second-order valence-electron chi connectivity index (χ2n) is 9.39. The van der Waals surface area contributed by atoms with Crippen molar-refractivity contribution in [2.45, 2.75) is 45.4 Å². The maximum absolute atomic E-state index is 11.8. The highest BCUT2D eigenvalue weighted by Crippen LogP contribution is 2.50. The molecule has 0 radical (unpaired) electrons. The molecule has 0 aliphatic carbocycles. The molecule has 0 amide bonds. The zero-order valence-electron chi connectivity index (χ0n) is 22.8. The summed E-state index contributed by atoms with van der Waals surface area (Å²) in [6.45, 7) is 2.32. The van der Waals surface area contributed by atoms with E-state index in [0.717, 1.165) is 32.1 Å². The third-order valence-electron chi connectivity index (χ3n) is 6.53. The molecule has 4 aromatic carbocycles. The lowest BCUT2D eigenvalue weighted by atomic mass is 10.1. The van der Waals surface area contributed by atoms with Gasteiger partial charge in [0, 0.05) is 6.42 Å². The Labute approximate surface area is 236 Å². The van der Waals surface area contributed by atoms with Crippen LogP contribution >= 0.6 is 15.8 Å². The van der Waals surface area contributed by atoms with Gasteiger partial charge in [-0.25, -0.2) is 0 Å². The van der Waals surface area contributed by atoms with E-state index in [-0.39, 0.29) is 5.97 Å². The highest BCUT2D eigenvalue weighted by Gasteiger charge is 2.21. The Morgan fingerprint density at radius 3 is 1.44 bits per heavy atom. The molecule has 0 heterocycles. The number of hydrogen-bond donors (Lipinski definition) is 0. The van der Waals surface area contributed by atoms with Crippen LogP contribution in [0.3, 0.4) is 0 Å².